The molecule has 2 heterocycles. The first-order valence-electron chi connectivity index (χ1n) is 10.3. The molecule has 2 amide bonds. The average Bonchev–Trinajstić information content (AvgIpc) is 2.93. The SMILES string of the molecule is CCOc1ccccc1NC(=O)NC1CC2CCC(C1)N2Cc1ccccc1. The number of rotatable bonds is 6. The van der Waals surface area contributed by atoms with E-state index in [1.165, 1.54) is 18.4 Å². The van der Waals surface area contributed by atoms with Crippen LogP contribution in [-0.4, -0.2) is 35.7 Å². The summed E-state index contributed by atoms with van der Waals surface area (Å²) in [5.41, 5.74) is 2.09. The van der Waals surface area contributed by atoms with Crippen LogP contribution in [0.3, 0.4) is 0 Å². The van der Waals surface area contributed by atoms with E-state index in [4.69, 9.17) is 4.74 Å². The number of ether oxygens (including phenoxy) is 1. The minimum atomic E-state index is -0.145. The van der Waals surface area contributed by atoms with Gasteiger partial charge in [-0.15, -0.1) is 0 Å². The van der Waals surface area contributed by atoms with Crippen molar-refractivity contribution in [3.05, 3.63) is 60.2 Å². The van der Waals surface area contributed by atoms with Gasteiger partial charge in [-0.3, -0.25) is 4.90 Å². The van der Waals surface area contributed by atoms with Crippen molar-refractivity contribution in [3.63, 3.8) is 0 Å². The van der Waals surface area contributed by atoms with E-state index in [2.05, 4.69) is 45.9 Å². The molecule has 0 aromatic heterocycles. The molecular formula is C23H29N3O2. The maximum Gasteiger partial charge on any atom is 0.319 e. The fourth-order valence-corrected chi connectivity index (χ4v) is 4.64. The summed E-state index contributed by atoms with van der Waals surface area (Å²) >= 11 is 0. The second kappa shape index (κ2) is 8.65. The highest BCUT2D eigenvalue weighted by Crippen LogP contribution is 2.37. The van der Waals surface area contributed by atoms with Gasteiger partial charge >= 0.3 is 6.03 Å². The van der Waals surface area contributed by atoms with Crippen molar-refractivity contribution in [3.8, 4) is 5.75 Å². The fraction of sp³-hybridized carbons (Fsp3) is 0.435. The quantitative estimate of drug-likeness (QED) is 0.782. The van der Waals surface area contributed by atoms with E-state index in [-0.39, 0.29) is 12.1 Å². The number of hydrogen-bond acceptors (Lipinski definition) is 3. The smallest absolute Gasteiger partial charge is 0.319 e. The van der Waals surface area contributed by atoms with Crippen molar-refractivity contribution in [2.45, 2.75) is 57.3 Å². The van der Waals surface area contributed by atoms with Gasteiger partial charge in [-0.25, -0.2) is 4.79 Å². The molecule has 2 N–H and O–H groups in total. The van der Waals surface area contributed by atoms with Crippen LogP contribution < -0.4 is 15.4 Å². The first kappa shape index (κ1) is 18.8. The van der Waals surface area contributed by atoms with Gasteiger partial charge in [-0.05, 0) is 50.3 Å². The Bertz CT molecular complexity index is 781. The third-order valence-corrected chi connectivity index (χ3v) is 5.86. The Labute approximate surface area is 167 Å². The van der Waals surface area contributed by atoms with Crippen molar-refractivity contribution < 1.29 is 9.53 Å². The van der Waals surface area contributed by atoms with E-state index in [9.17, 15) is 4.79 Å². The maximum atomic E-state index is 12.6. The van der Waals surface area contributed by atoms with Crippen LogP contribution in [0, 0.1) is 0 Å². The minimum Gasteiger partial charge on any atom is -0.492 e. The molecule has 5 heteroatoms. The lowest BCUT2D eigenvalue weighted by Gasteiger charge is -2.39. The standard InChI is InChI=1S/C23H29N3O2/c1-2-28-22-11-7-6-10-21(22)25-23(27)24-18-14-19-12-13-20(15-18)26(19)16-17-8-4-3-5-9-17/h3-11,18-20H,2,12-16H2,1H3,(H2,24,25,27). The highest BCUT2D eigenvalue weighted by molar-refractivity contribution is 5.91. The number of anilines is 1. The average molecular weight is 380 g/mol. The fourth-order valence-electron chi connectivity index (χ4n) is 4.64. The number of piperidine rings is 1. The second-order valence-corrected chi connectivity index (χ2v) is 7.74. The zero-order chi connectivity index (χ0) is 19.3. The van der Waals surface area contributed by atoms with Crippen LogP contribution in [0.4, 0.5) is 10.5 Å². The highest BCUT2D eigenvalue weighted by atomic mass is 16.5. The lowest BCUT2D eigenvalue weighted by atomic mass is 9.96. The number of carbonyl (C=O) groups is 1. The molecular weight excluding hydrogens is 350 g/mol. The first-order valence-corrected chi connectivity index (χ1v) is 10.3. The van der Waals surface area contributed by atoms with Gasteiger partial charge in [0.15, 0.2) is 0 Å². The van der Waals surface area contributed by atoms with Gasteiger partial charge in [0.05, 0.1) is 12.3 Å². The van der Waals surface area contributed by atoms with Crippen LogP contribution in [-0.2, 0) is 6.54 Å². The number of nitrogens with one attached hydrogen (secondary N) is 2. The molecule has 2 atom stereocenters. The van der Waals surface area contributed by atoms with Crippen LogP contribution in [0.25, 0.3) is 0 Å². The van der Waals surface area contributed by atoms with Crippen molar-refractivity contribution in [2.24, 2.45) is 0 Å². The van der Waals surface area contributed by atoms with E-state index in [1.54, 1.807) is 0 Å². The van der Waals surface area contributed by atoms with E-state index in [0.29, 0.717) is 30.1 Å². The molecule has 2 aliphatic heterocycles. The molecule has 2 bridgehead atoms. The van der Waals surface area contributed by atoms with Gasteiger partial charge in [-0.2, -0.15) is 0 Å². The number of fused-ring (bicyclic) bond motifs is 2. The summed E-state index contributed by atoms with van der Waals surface area (Å²) in [6.07, 6.45) is 4.49. The summed E-state index contributed by atoms with van der Waals surface area (Å²) in [6.45, 7) is 3.52. The summed E-state index contributed by atoms with van der Waals surface area (Å²) in [5.74, 6) is 0.706. The minimum absolute atomic E-state index is 0.145. The number of benzene rings is 2. The normalized spacial score (nSPS) is 24.0. The number of carbonyl (C=O) groups excluding carboxylic acids is 1. The Morgan fingerprint density at radius 1 is 1.04 bits per heavy atom. The second-order valence-electron chi connectivity index (χ2n) is 7.74. The van der Waals surface area contributed by atoms with Crippen molar-refractivity contribution in [1.82, 2.24) is 10.2 Å². The van der Waals surface area contributed by atoms with Crippen LogP contribution in [0.5, 0.6) is 5.75 Å². The number of para-hydroxylation sites is 2. The Balaban J connectivity index is 1.33. The molecule has 2 unspecified atom stereocenters. The van der Waals surface area contributed by atoms with E-state index in [0.717, 1.165) is 19.4 Å². The molecule has 2 aromatic carbocycles. The third kappa shape index (κ3) is 4.30. The molecule has 148 valence electrons. The topological polar surface area (TPSA) is 53.6 Å². The molecule has 0 spiro atoms. The number of nitrogens with zero attached hydrogens (tertiary/aromatic N) is 1. The van der Waals surface area contributed by atoms with E-state index in [1.807, 2.05) is 31.2 Å². The zero-order valence-corrected chi connectivity index (χ0v) is 16.4. The van der Waals surface area contributed by atoms with Crippen LogP contribution in [0.15, 0.2) is 54.6 Å². The summed E-state index contributed by atoms with van der Waals surface area (Å²) < 4.78 is 5.59. The molecule has 2 aromatic rings. The first-order chi connectivity index (χ1) is 13.7. The molecule has 28 heavy (non-hydrogen) atoms. The van der Waals surface area contributed by atoms with Crippen molar-refractivity contribution in [2.75, 3.05) is 11.9 Å². The molecule has 0 saturated carbocycles. The molecule has 5 nitrogen and oxygen atoms in total. The molecule has 0 aliphatic carbocycles. The molecule has 2 saturated heterocycles. The largest absolute Gasteiger partial charge is 0.492 e. The van der Waals surface area contributed by atoms with Gasteiger partial charge in [0.25, 0.3) is 0 Å². The Kier molecular flexibility index (Phi) is 5.81. The zero-order valence-electron chi connectivity index (χ0n) is 16.4. The lowest BCUT2D eigenvalue weighted by molar-refractivity contribution is 0.112. The molecule has 0 radical (unpaired) electrons. The van der Waals surface area contributed by atoms with Crippen molar-refractivity contribution in [1.29, 1.82) is 0 Å². The number of hydrogen-bond donors (Lipinski definition) is 2. The van der Waals surface area contributed by atoms with Gasteiger partial charge in [0.1, 0.15) is 5.75 Å². The van der Waals surface area contributed by atoms with Gasteiger partial charge in [-0.1, -0.05) is 42.5 Å². The van der Waals surface area contributed by atoms with E-state index >= 15 is 0 Å². The van der Waals surface area contributed by atoms with Gasteiger partial charge in [0.2, 0.25) is 0 Å². The third-order valence-electron chi connectivity index (χ3n) is 5.86. The Morgan fingerprint density at radius 2 is 1.71 bits per heavy atom. The maximum absolute atomic E-state index is 12.6. The number of amides is 2. The monoisotopic (exact) mass is 379 g/mol. The predicted molar refractivity (Wildman–Crippen MR) is 112 cm³/mol. The number of urea groups is 1. The van der Waals surface area contributed by atoms with Gasteiger partial charge < -0.3 is 15.4 Å². The van der Waals surface area contributed by atoms with Crippen LogP contribution >= 0.6 is 0 Å². The van der Waals surface area contributed by atoms with Gasteiger partial charge in [0, 0.05) is 24.7 Å². The Hall–Kier alpha value is -2.53. The summed E-state index contributed by atoms with van der Waals surface area (Å²) in [6, 6.07) is 19.4. The highest BCUT2D eigenvalue weighted by Gasteiger charge is 2.40. The summed E-state index contributed by atoms with van der Waals surface area (Å²) in [4.78, 5) is 15.2. The van der Waals surface area contributed by atoms with Crippen LogP contribution in [0.1, 0.15) is 38.2 Å². The predicted octanol–water partition coefficient (Wildman–Crippen LogP) is 4.40. The van der Waals surface area contributed by atoms with Crippen molar-refractivity contribution >= 4 is 11.7 Å². The molecule has 2 fully saturated rings. The van der Waals surface area contributed by atoms with Crippen LogP contribution in [0.2, 0.25) is 0 Å². The lowest BCUT2D eigenvalue weighted by Crippen LogP contribution is -2.50. The molecule has 2 aliphatic rings. The van der Waals surface area contributed by atoms with E-state index < -0.39 is 0 Å². The Morgan fingerprint density at radius 3 is 2.43 bits per heavy atom. The molecule has 4 rings (SSSR count). The summed E-state index contributed by atoms with van der Waals surface area (Å²) in [5, 5.41) is 6.14. The summed E-state index contributed by atoms with van der Waals surface area (Å²) in [7, 11) is 0.